The summed E-state index contributed by atoms with van der Waals surface area (Å²) in [5, 5.41) is 7.80. The molecule has 0 unspecified atom stereocenters. The summed E-state index contributed by atoms with van der Waals surface area (Å²) >= 11 is 1.75. The average Bonchev–Trinajstić information content (AvgIpc) is 2.83. The summed E-state index contributed by atoms with van der Waals surface area (Å²) < 4.78 is 0. The molecule has 0 saturated carbocycles. The van der Waals surface area contributed by atoms with Gasteiger partial charge in [-0.3, -0.25) is 4.98 Å². The van der Waals surface area contributed by atoms with Crippen LogP contribution in [-0.2, 0) is 6.42 Å². The van der Waals surface area contributed by atoms with E-state index < -0.39 is 0 Å². The molecule has 0 bridgehead atoms. The molecule has 2 heterocycles. The van der Waals surface area contributed by atoms with Gasteiger partial charge in [0, 0.05) is 12.2 Å². The van der Waals surface area contributed by atoms with E-state index in [1.54, 1.807) is 11.3 Å². The molecule has 3 heteroatoms. The molecule has 1 N–H and O–H groups in total. The average molecular weight is 232 g/mol. The molecule has 0 spiro atoms. The van der Waals surface area contributed by atoms with Gasteiger partial charge in [0.25, 0.3) is 0 Å². The Kier molecular flexibility index (Phi) is 4.08. The van der Waals surface area contributed by atoms with Gasteiger partial charge in [-0.2, -0.15) is 11.3 Å². The first kappa shape index (κ1) is 11.3. The molecule has 84 valence electrons. The molecule has 0 aliphatic heterocycles. The zero-order chi connectivity index (χ0) is 11.2. The number of aromatic nitrogens is 1. The Morgan fingerprint density at radius 1 is 1.38 bits per heavy atom. The molecule has 2 nitrogen and oxygen atoms in total. The lowest BCUT2D eigenvalue weighted by Crippen LogP contribution is -2.21. The highest BCUT2D eigenvalue weighted by molar-refractivity contribution is 7.07. The highest BCUT2D eigenvalue weighted by Gasteiger charge is 2.04. The van der Waals surface area contributed by atoms with Crippen molar-refractivity contribution in [3.8, 4) is 0 Å². The lowest BCUT2D eigenvalue weighted by molar-refractivity contribution is 0.564. The van der Waals surface area contributed by atoms with Crippen LogP contribution < -0.4 is 5.32 Å². The summed E-state index contributed by atoms with van der Waals surface area (Å²) in [6.45, 7) is 3.14. The first-order valence-corrected chi connectivity index (χ1v) is 6.46. The van der Waals surface area contributed by atoms with Crippen LogP contribution in [0.1, 0.15) is 24.2 Å². The Hall–Kier alpha value is -1.19. The first-order chi connectivity index (χ1) is 7.86. The van der Waals surface area contributed by atoms with Gasteiger partial charge < -0.3 is 5.32 Å². The van der Waals surface area contributed by atoms with Crippen molar-refractivity contribution in [2.45, 2.75) is 19.4 Å². The number of hydrogen-bond acceptors (Lipinski definition) is 3. The van der Waals surface area contributed by atoms with E-state index in [4.69, 9.17) is 0 Å². The molecule has 0 amide bonds. The van der Waals surface area contributed by atoms with E-state index in [9.17, 15) is 0 Å². The van der Waals surface area contributed by atoms with Crippen molar-refractivity contribution in [2.75, 3.05) is 6.54 Å². The van der Waals surface area contributed by atoms with E-state index in [1.807, 2.05) is 18.3 Å². The van der Waals surface area contributed by atoms with E-state index in [-0.39, 0.29) is 0 Å². The second-order valence-electron chi connectivity index (χ2n) is 3.81. The monoisotopic (exact) mass is 232 g/mol. The van der Waals surface area contributed by atoms with Crippen molar-refractivity contribution in [1.29, 1.82) is 0 Å². The highest BCUT2D eigenvalue weighted by Crippen LogP contribution is 2.09. The molecule has 0 aromatic carbocycles. The Bertz CT molecular complexity index is 397. The number of rotatable bonds is 5. The minimum absolute atomic E-state index is 0.319. The molecule has 0 radical (unpaired) electrons. The lowest BCUT2D eigenvalue weighted by Gasteiger charge is -2.12. The highest BCUT2D eigenvalue weighted by atomic mass is 32.1. The van der Waals surface area contributed by atoms with Gasteiger partial charge in [-0.15, -0.1) is 0 Å². The van der Waals surface area contributed by atoms with E-state index in [2.05, 4.69) is 40.1 Å². The standard InChI is InChI=1S/C13H16N2S/c1-11(13-4-2-3-7-15-13)14-8-5-12-6-9-16-10-12/h2-4,6-7,9-11,14H,5,8H2,1H3/t11-/m0/s1. The second kappa shape index (κ2) is 5.77. The van der Waals surface area contributed by atoms with Gasteiger partial charge in [0.15, 0.2) is 0 Å². The number of thiophene rings is 1. The Balaban J connectivity index is 1.78. The minimum atomic E-state index is 0.319. The van der Waals surface area contributed by atoms with Crippen LogP contribution in [-0.4, -0.2) is 11.5 Å². The quantitative estimate of drug-likeness (QED) is 0.857. The van der Waals surface area contributed by atoms with Gasteiger partial charge >= 0.3 is 0 Å². The van der Waals surface area contributed by atoms with Crippen LogP contribution in [0.4, 0.5) is 0 Å². The molecule has 0 aliphatic rings. The van der Waals surface area contributed by atoms with E-state index in [1.165, 1.54) is 5.56 Å². The number of hydrogen-bond donors (Lipinski definition) is 1. The molecule has 2 rings (SSSR count). The molecule has 0 saturated heterocycles. The molecule has 2 aromatic heterocycles. The summed E-state index contributed by atoms with van der Waals surface area (Å²) in [6, 6.07) is 8.53. The number of nitrogens with zero attached hydrogens (tertiary/aromatic N) is 1. The largest absolute Gasteiger partial charge is 0.309 e. The SMILES string of the molecule is C[C@H](NCCc1ccsc1)c1ccccn1. The third-order valence-corrected chi connectivity index (χ3v) is 3.31. The van der Waals surface area contributed by atoms with Crippen LogP contribution in [0, 0.1) is 0 Å². The van der Waals surface area contributed by atoms with Crippen LogP contribution in [0.15, 0.2) is 41.2 Å². The molecule has 0 aliphatic carbocycles. The van der Waals surface area contributed by atoms with Gasteiger partial charge in [-0.05, 0) is 54.4 Å². The van der Waals surface area contributed by atoms with Crippen LogP contribution in [0.2, 0.25) is 0 Å². The summed E-state index contributed by atoms with van der Waals surface area (Å²) in [7, 11) is 0. The number of pyridine rings is 1. The van der Waals surface area contributed by atoms with Crippen molar-refractivity contribution in [1.82, 2.24) is 10.3 Å². The summed E-state index contributed by atoms with van der Waals surface area (Å²) in [5.74, 6) is 0. The Morgan fingerprint density at radius 2 is 2.31 bits per heavy atom. The molecule has 16 heavy (non-hydrogen) atoms. The summed E-state index contributed by atoms with van der Waals surface area (Å²) in [6.07, 6.45) is 2.92. The zero-order valence-electron chi connectivity index (χ0n) is 9.39. The predicted octanol–water partition coefficient (Wildman–Crippen LogP) is 3.04. The first-order valence-electron chi connectivity index (χ1n) is 5.51. The van der Waals surface area contributed by atoms with Gasteiger partial charge in [-0.1, -0.05) is 6.07 Å². The van der Waals surface area contributed by atoms with Crippen LogP contribution >= 0.6 is 11.3 Å². The summed E-state index contributed by atoms with van der Waals surface area (Å²) in [5.41, 5.74) is 2.51. The number of nitrogens with one attached hydrogen (secondary N) is 1. The molecule has 2 aromatic rings. The normalized spacial score (nSPS) is 12.6. The van der Waals surface area contributed by atoms with Crippen molar-refractivity contribution in [2.24, 2.45) is 0 Å². The second-order valence-corrected chi connectivity index (χ2v) is 4.59. The molecule has 0 fully saturated rings. The fraction of sp³-hybridized carbons (Fsp3) is 0.308. The molecular weight excluding hydrogens is 216 g/mol. The molecular formula is C13H16N2S. The van der Waals surface area contributed by atoms with Crippen LogP contribution in [0.25, 0.3) is 0 Å². The van der Waals surface area contributed by atoms with E-state index in [0.29, 0.717) is 6.04 Å². The Morgan fingerprint density at radius 3 is 3.00 bits per heavy atom. The van der Waals surface area contributed by atoms with Gasteiger partial charge in [0.1, 0.15) is 0 Å². The smallest absolute Gasteiger partial charge is 0.0570 e. The Labute approximate surface area is 100 Å². The van der Waals surface area contributed by atoms with Crippen molar-refractivity contribution in [3.05, 3.63) is 52.5 Å². The van der Waals surface area contributed by atoms with Crippen molar-refractivity contribution >= 4 is 11.3 Å². The fourth-order valence-corrected chi connectivity index (χ4v) is 2.31. The maximum Gasteiger partial charge on any atom is 0.0570 e. The van der Waals surface area contributed by atoms with E-state index in [0.717, 1.165) is 18.7 Å². The van der Waals surface area contributed by atoms with Gasteiger partial charge in [-0.25, -0.2) is 0 Å². The third-order valence-electron chi connectivity index (χ3n) is 2.58. The van der Waals surface area contributed by atoms with Crippen molar-refractivity contribution < 1.29 is 0 Å². The lowest BCUT2D eigenvalue weighted by atomic mass is 10.2. The maximum atomic E-state index is 4.33. The van der Waals surface area contributed by atoms with Crippen molar-refractivity contribution in [3.63, 3.8) is 0 Å². The van der Waals surface area contributed by atoms with E-state index >= 15 is 0 Å². The molecule has 1 atom stereocenters. The topological polar surface area (TPSA) is 24.9 Å². The summed E-state index contributed by atoms with van der Waals surface area (Å²) in [4.78, 5) is 4.33. The zero-order valence-corrected chi connectivity index (χ0v) is 10.2. The van der Waals surface area contributed by atoms with Crippen LogP contribution in [0.5, 0.6) is 0 Å². The third kappa shape index (κ3) is 3.15. The maximum absolute atomic E-state index is 4.33. The minimum Gasteiger partial charge on any atom is -0.309 e. The fourth-order valence-electron chi connectivity index (χ4n) is 1.60. The van der Waals surface area contributed by atoms with Gasteiger partial charge in [0.2, 0.25) is 0 Å². The predicted molar refractivity (Wildman–Crippen MR) is 68.7 cm³/mol. The van der Waals surface area contributed by atoms with Crippen LogP contribution in [0.3, 0.4) is 0 Å². The van der Waals surface area contributed by atoms with Gasteiger partial charge in [0.05, 0.1) is 5.69 Å².